The summed E-state index contributed by atoms with van der Waals surface area (Å²) in [5.41, 5.74) is 1.50. The fourth-order valence-corrected chi connectivity index (χ4v) is 4.55. The lowest BCUT2D eigenvalue weighted by Crippen LogP contribution is -2.44. The average molecular weight is 307 g/mol. The number of benzene rings is 1. The summed E-state index contributed by atoms with van der Waals surface area (Å²) >= 11 is 2.00. The van der Waals surface area contributed by atoms with Crippen LogP contribution in [-0.4, -0.2) is 37.3 Å². The Balaban J connectivity index is 2.02. The highest BCUT2D eigenvalue weighted by molar-refractivity contribution is 7.99. The lowest BCUT2D eigenvalue weighted by atomic mass is 9.92. The van der Waals surface area contributed by atoms with Crippen molar-refractivity contribution in [3.63, 3.8) is 0 Å². The van der Waals surface area contributed by atoms with E-state index in [-0.39, 0.29) is 0 Å². The van der Waals surface area contributed by atoms with Crippen LogP contribution in [-0.2, 0) is 0 Å². The molecule has 21 heavy (non-hydrogen) atoms. The fraction of sp³-hybridized carbons (Fsp3) is 0.667. The van der Waals surface area contributed by atoms with Gasteiger partial charge in [-0.1, -0.05) is 44.9 Å². The molecule has 1 heterocycles. The van der Waals surface area contributed by atoms with Gasteiger partial charge in [-0.25, -0.2) is 0 Å². The zero-order valence-corrected chi connectivity index (χ0v) is 14.7. The smallest absolute Gasteiger partial charge is 0.0339 e. The van der Waals surface area contributed by atoms with Crippen molar-refractivity contribution in [2.45, 2.75) is 50.1 Å². The van der Waals surface area contributed by atoms with Crippen molar-refractivity contribution in [1.29, 1.82) is 0 Å². The lowest BCUT2D eigenvalue weighted by molar-refractivity contribution is 0.188. The van der Waals surface area contributed by atoms with E-state index in [9.17, 15) is 0 Å². The van der Waals surface area contributed by atoms with Gasteiger partial charge in [0.15, 0.2) is 0 Å². The summed E-state index contributed by atoms with van der Waals surface area (Å²) in [4.78, 5) is 3.86. The van der Waals surface area contributed by atoms with Crippen LogP contribution in [0.4, 0.5) is 0 Å². The van der Waals surface area contributed by atoms with Crippen LogP contribution in [0, 0.1) is 5.92 Å². The Morgan fingerprint density at radius 1 is 1.24 bits per heavy atom. The van der Waals surface area contributed by atoms with Gasteiger partial charge in [-0.2, -0.15) is 0 Å². The van der Waals surface area contributed by atoms with Gasteiger partial charge in [-0.3, -0.25) is 0 Å². The summed E-state index contributed by atoms with van der Waals surface area (Å²) in [7, 11) is 4.44. The summed E-state index contributed by atoms with van der Waals surface area (Å²) in [6, 6.07) is 10.0. The van der Waals surface area contributed by atoms with Crippen molar-refractivity contribution < 1.29 is 0 Å². The zero-order valence-electron chi connectivity index (χ0n) is 13.9. The molecule has 0 radical (unpaired) electrons. The van der Waals surface area contributed by atoms with Crippen LogP contribution >= 0.6 is 11.8 Å². The molecule has 0 amide bonds. The third-order valence-electron chi connectivity index (χ3n) is 4.79. The van der Waals surface area contributed by atoms with Crippen LogP contribution < -0.4 is 5.32 Å². The standard InChI is InChI=1S/C18H30N2S/c1-5-14(6-2)17(20(3)4)13-19-16-11-12-21-18-10-8-7-9-15(16)18/h7-10,14,16-17,19H,5-6,11-13H2,1-4H3. The summed E-state index contributed by atoms with van der Waals surface area (Å²) < 4.78 is 0. The SMILES string of the molecule is CCC(CC)C(CNC1CCSc2ccccc21)N(C)C. The van der Waals surface area contributed by atoms with E-state index in [1.807, 2.05) is 11.8 Å². The number of hydrogen-bond donors (Lipinski definition) is 1. The van der Waals surface area contributed by atoms with Crippen LogP contribution in [0.2, 0.25) is 0 Å². The Morgan fingerprint density at radius 2 is 1.95 bits per heavy atom. The van der Waals surface area contributed by atoms with Gasteiger partial charge in [0.1, 0.15) is 0 Å². The first-order valence-corrected chi connectivity index (χ1v) is 9.27. The molecule has 0 saturated carbocycles. The fourth-order valence-electron chi connectivity index (χ4n) is 3.42. The highest BCUT2D eigenvalue weighted by Gasteiger charge is 2.24. The Hall–Kier alpha value is -0.510. The summed E-state index contributed by atoms with van der Waals surface area (Å²) in [5.74, 6) is 2.01. The van der Waals surface area contributed by atoms with E-state index >= 15 is 0 Å². The van der Waals surface area contributed by atoms with E-state index < -0.39 is 0 Å². The summed E-state index contributed by atoms with van der Waals surface area (Å²) in [6.07, 6.45) is 3.76. The van der Waals surface area contributed by atoms with Crippen molar-refractivity contribution in [3.8, 4) is 0 Å². The molecule has 0 spiro atoms. The molecular formula is C18H30N2S. The predicted octanol–water partition coefficient (Wildman–Crippen LogP) is 4.18. The highest BCUT2D eigenvalue weighted by atomic mass is 32.2. The van der Waals surface area contributed by atoms with Crippen LogP contribution in [0.25, 0.3) is 0 Å². The predicted molar refractivity (Wildman–Crippen MR) is 94.1 cm³/mol. The molecule has 1 aromatic carbocycles. The Kier molecular flexibility index (Phi) is 6.59. The van der Waals surface area contributed by atoms with E-state index in [2.05, 4.69) is 62.4 Å². The summed E-state index contributed by atoms with van der Waals surface area (Å²) in [6.45, 7) is 5.72. The second kappa shape index (κ2) is 8.21. The molecule has 1 aliphatic heterocycles. The third kappa shape index (κ3) is 4.24. The quantitative estimate of drug-likeness (QED) is 0.813. The number of nitrogens with one attached hydrogen (secondary N) is 1. The van der Waals surface area contributed by atoms with Gasteiger partial charge in [0.25, 0.3) is 0 Å². The topological polar surface area (TPSA) is 15.3 Å². The first kappa shape index (κ1) is 16.9. The van der Waals surface area contributed by atoms with Gasteiger partial charge >= 0.3 is 0 Å². The number of nitrogens with zero attached hydrogens (tertiary/aromatic N) is 1. The molecule has 0 saturated heterocycles. The zero-order chi connectivity index (χ0) is 15.2. The van der Waals surface area contributed by atoms with Crippen LogP contribution in [0.3, 0.4) is 0 Å². The highest BCUT2D eigenvalue weighted by Crippen LogP contribution is 2.35. The van der Waals surface area contributed by atoms with Gasteiger partial charge in [0.2, 0.25) is 0 Å². The number of likely N-dealkylation sites (N-methyl/N-ethyl adjacent to an activating group) is 1. The molecule has 2 atom stereocenters. The van der Waals surface area contributed by atoms with E-state index in [4.69, 9.17) is 0 Å². The minimum absolute atomic E-state index is 0.527. The van der Waals surface area contributed by atoms with Crippen molar-refractivity contribution >= 4 is 11.8 Å². The minimum Gasteiger partial charge on any atom is -0.308 e. The molecule has 0 fully saturated rings. The van der Waals surface area contributed by atoms with E-state index in [0.717, 1.165) is 12.5 Å². The summed E-state index contributed by atoms with van der Waals surface area (Å²) in [5, 5.41) is 3.85. The van der Waals surface area contributed by atoms with Crippen LogP contribution in [0.5, 0.6) is 0 Å². The molecule has 1 aromatic rings. The third-order valence-corrected chi connectivity index (χ3v) is 5.91. The maximum atomic E-state index is 3.85. The Labute approximate surface area is 134 Å². The number of fused-ring (bicyclic) bond motifs is 1. The normalized spacial score (nSPS) is 19.8. The first-order chi connectivity index (χ1) is 10.2. The van der Waals surface area contributed by atoms with Gasteiger partial charge in [0.05, 0.1) is 0 Å². The molecule has 0 aliphatic carbocycles. The first-order valence-electron chi connectivity index (χ1n) is 8.28. The molecule has 2 unspecified atom stereocenters. The molecular weight excluding hydrogens is 276 g/mol. The Bertz CT molecular complexity index is 429. The largest absolute Gasteiger partial charge is 0.308 e. The lowest BCUT2D eigenvalue weighted by Gasteiger charge is -2.34. The molecule has 0 bridgehead atoms. The molecule has 0 aromatic heterocycles. The van der Waals surface area contributed by atoms with E-state index in [0.29, 0.717) is 12.1 Å². The maximum absolute atomic E-state index is 3.85. The van der Waals surface area contributed by atoms with E-state index in [1.165, 1.54) is 35.5 Å². The number of rotatable bonds is 7. The molecule has 3 heteroatoms. The second-order valence-corrected chi connectivity index (χ2v) is 7.38. The molecule has 1 N–H and O–H groups in total. The van der Waals surface area contributed by atoms with Gasteiger partial charge in [-0.05, 0) is 43.8 Å². The molecule has 1 aliphatic rings. The average Bonchev–Trinajstić information content (AvgIpc) is 2.51. The maximum Gasteiger partial charge on any atom is 0.0339 e. The van der Waals surface area contributed by atoms with Crippen LogP contribution in [0.15, 0.2) is 29.2 Å². The van der Waals surface area contributed by atoms with Crippen LogP contribution in [0.1, 0.15) is 44.7 Å². The van der Waals surface area contributed by atoms with Gasteiger partial charge in [0, 0.05) is 23.5 Å². The van der Waals surface area contributed by atoms with E-state index in [1.54, 1.807) is 0 Å². The van der Waals surface area contributed by atoms with Gasteiger partial charge in [-0.15, -0.1) is 11.8 Å². The molecule has 118 valence electrons. The number of hydrogen-bond acceptors (Lipinski definition) is 3. The Morgan fingerprint density at radius 3 is 2.62 bits per heavy atom. The second-order valence-electron chi connectivity index (χ2n) is 6.24. The van der Waals surface area contributed by atoms with Gasteiger partial charge < -0.3 is 10.2 Å². The van der Waals surface area contributed by atoms with Crippen molar-refractivity contribution in [2.75, 3.05) is 26.4 Å². The minimum atomic E-state index is 0.527. The monoisotopic (exact) mass is 306 g/mol. The molecule has 2 nitrogen and oxygen atoms in total. The van der Waals surface area contributed by atoms with Crippen molar-refractivity contribution in [3.05, 3.63) is 29.8 Å². The van der Waals surface area contributed by atoms with Crippen molar-refractivity contribution in [1.82, 2.24) is 10.2 Å². The number of thioether (sulfide) groups is 1. The van der Waals surface area contributed by atoms with Crippen molar-refractivity contribution in [2.24, 2.45) is 5.92 Å². The molecule has 2 rings (SSSR count).